The van der Waals surface area contributed by atoms with E-state index in [0.717, 1.165) is 18.2 Å². The first kappa shape index (κ1) is 12.7. The van der Waals surface area contributed by atoms with Crippen molar-refractivity contribution in [2.75, 3.05) is 0 Å². The molecule has 0 spiro atoms. The van der Waals surface area contributed by atoms with E-state index in [1.165, 1.54) is 0 Å². The van der Waals surface area contributed by atoms with Gasteiger partial charge in [0.1, 0.15) is 11.5 Å². The Labute approximate surface area is 106 Å². The van der Waals surface area contributed by atoms with Crippen molar-refractivity contribution in [3.8, 4) is 11.3 Å². The van der Waals surface area contributed by atoms with E-state index in [0.29, 0.717) is 11.1 Å². The smallest absolute Gasteiger partial charge is 0.374 e. The molecule has 0 bridgehead atoms. The zero-order valence-corrected chi connectivity index (χ0v) is 9.68. The topological polar surface area (TPSA) is 101 Å². The third-order valence-electron chi connectivity index (χ3n) is 2.54. The number of hydrogen-bond acceptors (Lipinski definition) is 4. The van der Waals surface area contributed by atoms with Crippen LogP contribution in [0.5, 0.6) is 0 Å². The standard InChI is InChI=1S/C12H8FNO5/c1-5-2-8(13)7(11(15)16)3-6(5)9-4-10(12(17)18)19-14-9/h2-4H,1H3,(H,15,16)(H,17,18). The van der Waals surface area contributed by atoms with Gasteiger partial charge in [0.2, 0.25) is 5.76 Å². The Hall–Kier alpha value is -2.70. The van der Waals surface area contributed by atoms with E-state index in [9.17, 15) is 14.0 Å². The lowest BCUT2D eigenvalue weighted by Crippen LogP contribution is -2.02. The highest BCUT2D eigenvalue weighted by molar-refractivity contribution is 5.90. The van der Waals surface area contributed by atoms with Gasteiger partial charge in [-0.05, 0) is 24.6 Å². The molecule has 1 heterocycles. The first-order valence-electron chi connectivity index (χ1n) is 5.14. The molecule has 1 aromatic carbocycles. The number of hydrogen-bond donors (Lipinski definition) is 2. The van der Waals surface area contributed by atoms with Crippen molar-refractivity contribution in [2.24, 2.45) is 0 Å². The monoisotopic (exact) mass is 265 g/mol. The Morgan fingerprint density at radius 1 is 1.21 bits per heavy atom. The van der Waals surface area contributed by atoms with Crippen molar-refractivity contribution >= 4 is 11.9 Å². The van der Waals surface area contributed by atoms with Crippen molar-refractivity contribution in [1.82, 2.24) is 5.16 Å². The van der Waals surface area contributed by atoms with Gasteiger partial charge < -0.3 is 14.7 Å². The number of carbonyl (C=O) groups is 2. The van der Waals surface area contributed by atoms with Gasteiger partial charge in [-0.25, -0.2) is 14.0 Å². The number of nitrogens with zero attached hydrogens (tertiary/aromatic N) is 1. The second kappa shape index (κ2) is 4.52. The summed E-state index contributed by atoms with van der Waals surface area (Å²) >= 11 is 0. The molecule has 0 unspecified atom stereocenters. The van der Waals surface area contributed by atoms with Crippen LogP contribution in [-0.4, -0.2) is 27.3 Å². The minimum atomic E-state index is -1.42. The molecule has 2 rings (SSSR count). The van der Waals surface area contributed by atoms with Crippen LogP contribution in [0.1, 0.15) is 26.5 Å². The fourth-order valence-corrected chi connectivity index (χ4v) is 1.62. The van der Waals surface area contributed by atoms with Crippen LogP contribution < -0.4 is 0 Å². The molecule has 6 nitrogen and oxygen atoms in total. The molecule has 0 aliphatic carbocycles. The van der Waals surface area contributed by atoms with Crippen LogP contribution in [0.25, 0.3) is 11.3 Å². The van der Waals surface area contributed by atoms with E-state index in [2.05, 4.69) is 9.68 Å². The molecule has 2 aromatic rings. The van der Waals surface area contributed by atoms with Crippen LogP contribution in [0.3, 0.4) is 0 Å². The fourth-order valence-electron chi connectivity index (χ4n) is 1.62. The van der Waals surface area contributed by atoms with Crippen LogP contribution in [0.2, 0.25) is 0 Å². The number of carboxylic acids is 2. The number of carboxylic acid groups (broad SMARTS) is 2. The number of aromatic carboxylic acids is 2. The molecule has 1 aromatic heterocycles. The normalized spacial score (nSPS) is 10.4. The van der Waals surface area contributed by atoms with E-state index in [-0.39, 0.29) is 11.5 Å². The minimum Gasteiger partial charge on any atom is -0.478 e. The molecule has 0 aliphatic rings. The molecule has 0 aliphatic heterocycles. The molecule has 7 heteroatoms. The third kappa shape index (κ3) is 2.30. The number of aromatic nitrogens is 1. The van der Waals surface area contributed by atoms with Crippen LogP contribution in [0, 0.1) is 12.7 Å². The third-order valence-corrected chi connectivity index (χ3v) is 2.54. The maximum absolute atomic E-state index is 13.4. The molecule has 0 radical (unpaired) electrons. The van der Waals surface area contributed by atoms with Crippen LogP contribution in [-0.2, 0) is 0 Å². The molecular formula is C12H8FNO5. The van der Waals surface area contributed by atoms with Gasteiger partial charge in [-0.3, -0.25) is 0 Å². The van der Waals surface area contributed by atoms with Gasteiger partial charge in [0.15, 0.2) is 0 Å². The van der Waals surface area contributed by atoms with E-state index in [1.54, 1.807) is 6.92 Å². The second-order valence-corrected chi connectivity index (χ2v) is 3.83. The summed E-state index contributed by atoms with van der Waals surface area (Å²) in [7, 11) is 0. The zero-order chi connectivity index (χ0) is 14.2. The summed E-state index contributed by atoms with van der Waals surface area (Å²) in [4.78, 5) is 21.5. The Kier molecular flexibility index (Phi) is 3.04. The molecule has 0 saturated carbocycles. The number of aryl methyl sites for hydroxylation is 1. The quantitative estimate of drug-likeness (QED) is 0.882. The molecule has 0 amide bonds. The molecular weight excluding hydrogens is 257 g/mol. The number of benzene rings is 1. The number of halogens is 1. The number of rotatable bonds is 3. The lowest BCUT2D eigenvalue weighted by Gasteiger charge is -2.05. The first-order chi connectivity index (χ1) is 8.90. The summed E-state index contributed by atoms with van der Waals surface area (Å²) in [6.45, 7) is 1.55. The highest BCUT2D eigenvalue weighted by Gasteiger charge is 2.18. The van der Waals surface area contributed by atoms with E-state index in [4.69, 9.17) is 10.2 Å². The summed E-state index contributed by atoms with van der Waals surface area (Å²) < 4.78 is 18.0. The van der Waals surface area contributed by atoms with Gasteiger partial charge in [-0.1, -0.05) is 5.16 Å². The summed E-state index contributed by atoms with van der Waals surface area (Å²) in [6.07, 6.45) is 0. The summed E-state index contributed by atoms with van der Waals surface area (Å²) in [5, 5.41) is 21.1. The first-order valence-corrected chi connectivity index (χ1v) is 5.14. The largest absolute Gasteiger partial charge is 0.478 e. The Bertz CT molecular complexity index is 677. The zero-order valence-electron chi connectivity index (χ0n) is 9.68. The maximum atomic E-state index is 13.4. The highest BCUT2D eigenvalue weighted by atomic mass is 19.1. The van der Waals surface area contributed by atoms with Gasteiger partial charge in [0.25, 0.3) is 0 Å². The van der Waals surface area contributed by atoms with Crippen molar-refractivity contribution in [2.45, 2.75) is 6.92 Å². The Balaban J connectivity index is 2.57. The van der Waals surface area contributed by atoms with Crippen LogP contribution in [0.4, 0.5) is 4.39 Å². The van der Waals surface area contributed by atoms with Crippen LogP contribution in [0.15, 0.2) is 22.7 Å². The van der Waals surface area contributed by atoms with Gasteiger partial charge in [0.05, 0.1) is 5.56 Å². The molecule has 2 N–H and O–H groups in total. The average Bonchev–Trinajstić information content (AvgIpc) is 2.77. The summed E-state index contributed by atoms with van der Waals surface area (Å²) in [6, 6.07) is 3.29. The predicted octanol–water partition coefficient (Wildman–Crippen LogP) is 2.19. The van der Waals surface area contributed by atoms with E-state index < -0.39 is 23.3 Å². The van der Waals surface area contributed by atoms with Crippen molar-refractivity contribution in [3.05, 3.63) is 40.9 Å². The van der Waals surface area contributed by atoms with Crippen LogP contribution >= 0.6 is 0 Å². The molecule has 0 fully saturated rings. The average molecular weight is 265 g/mol. The van der Waals surface area contributed by atoms with Crippen molar-refractivity contribution in [1.29, 1.82) is 0 Å². The van der Waals surface area contributed by atoms with Gasteiger partial charge in [-0.2, -0.15) is 0 Å². The lowest BCUT2D eigenvalue weighted by atomic mass is 10.0. The van der Waals surface area contributed by atoms with Gasteiger partial charge >= 0.3 is 11.9 Å². The van der Waals surface area contributed by atoms with Crippen molar-refractivity contribution < 1.29 is 28.7 Å². The SMILES string of the molecule is Cc1cc(F)c(C(=O)O)cc1-c1cc(C(=O)O)on1. The Morgan fingerprint density at radius 3 is 2.42 bits per heavy atom. The van der Waals surface area contributed by atoms with Crippen molar-refractivity contribution in [3.63, 3.8) is 0 Å². The maximum Gasteiger partial charge on any atom is 0.374 e. The second-order valence-electron chi connectivity index (χ2n) is 3.83. The molecule has 98 valence electrons. The lowest BCUT2D eigenvalue weighted by molar-refractivity contribution is 0.0649. The highest BCUT2D eigenvalue weighted by Crippen LogP contribution is 2.26. The molecule has 0 saturated heterocycles. The van der Waals surface area contributed by atoms with Gasteiger partial charge in [-0.15, -0.1) is 0 Å². The molecule has 19 heavy (non-hydrogen) atoms. The minimum absolute atomic E-state index is 0.136. The van der Waals surface area contributed by atoms with E-state index in [1.807, 2.05) is 0 Å². The molecule has 0 atom stereocenters. The Morgan fingerprint density at radius 2 is 1.89 bits per heavy atom. The fraction of sp³-hybridized carbons (Fsp3) is 0.0833. The van der Waals surface area contributed by atoms with Gasteiger partial charge in [0, 0.05) is 11.6 Å². The summed E-state index contributed by atoms with van der Waals surface area (Å²) in [5.41, 5.74) is 0.348. The predicted molar refractivity (Wildman–Crippen MR) is 60.6 cm³/mol. The van der Waals surface area contributed by atoms with E-state index >= 15 is 0 Å². The summed E-state index contributed by atoms with van der Waals surface area (Å²) in [5.74, 6) is -3.95.